The molecule has 1 aliphatic heterocycles. The fraction of sp³-hybridized carbons (Fsp3) is 0.176. The quantitative estimate of drug-likeness (QED) is 0.644. The molecule has 0 fully saturated rings. The van der Waals surface area contributed by atoms with Crippen LogP contribution >= 0.6 is 0 Å². The molecule has 10 heteroatoms. The fourth-order valence-electron chi connectivity index (χ4n) is 2.96. The molecule has 2 N–H and O–H groups in total. The Balaban J connectivity index is 1.70. The molecule has 3 heterocycles. The third kappa shape index (κ3) is 3.09. The molecule has 27 heavy (non-hydrogen) atoms. The van der Waals surface area contributed by atoms with Crippen LogP contribution in [0.1, 0.15) is 21.9 Å². The van der Waals surface area contributed by atoms with Crippen LogP contribution in [0.2, 0.25) is 0 Å². The van der Waals surface area contributed by atoms with Gasteiger partial charge in [-0.25, -0.2) is 23.2 Å². The van der Waals surface area contributed by atoms with Crippen LogP contribution in [0.25, 0.3) is 11.0 Å². The first-order chi connectivity index (χ1) is 12.8. The largest absolute Gasteiger partial charge is 0.423 e. The van der Waals surface area contributed by atoms with E-state index in [9.17, 15) is 18.0 Å². The van der Waals surface area contributed by atoms with Crippen molar-refractivity contribution in [2.75, 3.05) is 6.54 Å². The Kier molecular flexibility index (Phi) is 4.01. The molecule has 0 radical (unpaired) electrons. The first-order valence-corrected chi connectivity index (χ1v) is 9.47. The summed E-state index contributed by atoms with van der Waals surface area (Å²) in [5.41, 5.74) is 6.24. The molecule has 0 atom stereocenters. The van der Waals surface area contributed by atoms with Gasteiger partial charge in [-0.1, -0.05) is 0 Å². The lowest BCUT2D eigenvalue weighted by atomic mass is 10.1. The maximum Gasteiger partial charge on any atom is 0.336 e. The highest BCUT2D eigenvalue weighted by Gasteiger charge is 2.30. The van der Waals surface area contributed by atoms with Crippen molar-refractivity contribution in [1.29, 1.82) is 0 Å². The highest BCUT2D eigenvalue weighted by molar-refractivity contribution is 7.89. The van der Waals surface area contributed by atoms with Crippen molar-refractivity contribution >= 4 is 26.9 Å². The number of sulfonamides is 1. The molecular weight excluding hydrogens is 372 g/mol. The van der Waals surface area contributed by atoms with Crippen molar-refractivity contribution in [2.45, 2.75) is 17.9 Å². The van der Waals surface area contributed by atoms with Gasteiger partial charge in [-0.2, -0.15) is 4.31 Å². The topological polar surface area (TPSA) is 136 Å². The van der Waals surface area contributed by atoms with Gasteiger partial charge >= 0.3 is 5.63 Å². The Morgan fingerprint density at radius 3 is 2.81 bits per heavy atom. The van der Waals surface area contributed by atoms with Crippen LogP contribution in [-0.2, 0) is 23.0 Å². The van der Waals surface area contributed by atoms with Crippen LogP contribution in [0.3, 0.4) is 0 Å². The van der Waals surface area contributed by atoms with Crippen molar-refractivity contribution in [3.05, 3.63) is 64.0 Å². The summed E-state index contributed by atoms with van der Waals surface area (Å²) in [5, 5.41) is 0.506. The van der Waals surface area contributed by atoms with Crippen molar-refractivity contribution in [1.82, 2.24) is 14.3 Å². The number of carbonyl (C=O) groups excluding carboxylic acids is 1. The number of nitrogens with zero attached hydrogens (tertiary/aromatic N) is 3. The molecule has 3 aromatic rings. The molecule has 138 valence electrons. The molecule has 0 spiro atoms. The Morgan fingerprint density at radius 2 is 2.04 bits per heavy atom. The number of carbonyl (C=O) groups is 1. The maximum absolute atomic E-state index is 13.0. The Labute approximate surface area is 153 Å². The van der Waals surface area contributed by atoms with Crippen LogP contribution in [0.5, 0.6) is 0 Å². The lowest BCUT2D eigenvalue weighted by molar-refractivity contribution is 0.0990. The van der Waals surface area contributed by atoms with Gasteiger partial charge in [0, 0.05) is 24.2 Å². The number of amides is 1. The smallest absolute Gasteiger partial charge is 0.336 e. The third-order valence-electron chi connectivity index (χ3n) is 4.36. The van der Waals surface area contributed by atoms with Gasteiger partial charge < -0.3 is 10.2 Å². The molecule has 2 aromatic heterocycles. The minimum Gasteiger partial charge on any atom is -0.423 e. The summed E-state index contributed by atoms with van der Waals surface area (Å²) < 4.78 is 32.4. The molecule has 0 saturated heterocycles. The molecule has 1 aromatic carbocycles. The minimum atomic E-state index is -3.80. The molecule has 0 saturated carbocycles. The van der Waals surface area contributed by atoms with Gasteiger partial charge in [-0.05, 0) is 36.2 Å². The van der Waals surface area contributed by atoms with E-state index in [2.05, 4.69) is 9.97 Å². The van der Waals surface area contributed by atoms with E-state index < -0.39 is 21.6 Å². The van der Waals surface area contributed by atoms with E-state index in [1.807, 2.05) is 0 Å². The monoisotopic (exact) mass is 386 g/mol. The van der Waals surface area contributed by atoms with Gasteiger partial charge in [0.2, 0.25) is 15.8 Å². The second-order valence-corrected chi connectivity index (χ2v) is 8.01. The zero-order valence-corrected chi connectivity index (χ0v) is 14.8. The molecular formula is C17H14N4O5S. The lowest BCUT2D eigenvalue weighted by Gasteiger charge is -2.27. The number of rotatable bonds is 3. The van der Waals surface area contributed by atoms with Crippen LogP contribution in [0, 0.1) is 0 Å². The van der Waals surface area contributed by atoms with Crippen LogP contribution < -0.4 is 11.4 Å². The number of primary amides is 1. The van der Waals surface area contributed by atoms with E-state index in [0.717, 1.165) is 5.56 Å². The van der Waals surface area contributed by atoms with Gasteiger partial charge in [-0.15, -0.1) is 0 Å². The predicted molar refractivity (Wildman–Crippen MR) is 94.3 cm³/mol. The van der Waals surface area contributed by atoms with Crippen molar-refractivity contribution in [3.63, 3.8) is 0 Å². The van der Waals surface area contributed by atoms with Crippen LogP contribution in [0.4, 0.5) is 0 Å². The van der Waals surface area contributed by atoms with Crippen LogP contribution in [0.15, 0.2) is 50.6 Å². The van der Waals surface area contributed by atoms with E-state index in [0.29, 0.717) is 23.1 Å². The van der Waals surface area contributed by atoms with E-state index >= 15 is 0 Å². The van der Waals surface area contributed by atoms with Gasteiger partial charge in [-0.3, -0.25) is 4.79 Å². The highest BCUT2D eigenvalue weighted by atomic mass is 32.2. The van der Waals surface area contributed by atoms with Gasteiger partial charge in [0.25, 0.3) is 5.91 Å². The molecule has 1 amide bonds. The molecule has 0 unspecified atom stereocenters. The van der Waals surface area contributed by atoms with Crippen LogP contribution in [-0.4, -0.2) is 35.1 Å². The second kappa shape index (κ2) is 6.25. The summed E-state index contributed by atoms with van der Waals surface area (Å²) in [6.07, 6.45) is 1.93. The van der Waals surface area contributed by atoms with E-state index in [4.69, 9.17) is 10.2 Å². The Bertz CT molecular complexity index is 1240. The number of fused-ring (bicyclic) bond motifs is 2. The van der Waals surface area contributed by atoms with E-state index in [1.165, 1.54) is 40.8 Å². The third-order valence-corrected chi connectivity index (χ3v) is 6.20. The Hall–Kier alpha value is -3.11. The number of hydrogen-bond donors (Lipinski definition) is 1. The summed E-state index contributed by atoms with van der Waals surface area (Å²) >= 11 is 0. The van der Waals surface area contributed by atoms with Gasteiger partial charge in [0.15, 0.2) is 0 Å². The summed E-state index contributed by atoms with van der Waals surface area (Å²) in [5.74, 6) is -0.914. The zero-order valence-electron chi connectivity index (χ0n) is 14.0. The second-order valence-electron chi connectivity index (χ2n) is 6.07. The average Bonchev–Trinajstić information content (AvgIpc) is 2.66. The summed E-state index contributed by atoms with van der Waals surface area (Å²) in [4.78, 5) is 30.6. The molecule has 9 nitrogen and oxygen atoms in total. The maximum atomic E-state index is 13.0. The first kappa shape index (κ1) is 17.3. The number of hydrogen-bond acceptors (Lipinski definition) is 7. The van der Waals surface area contributed by atoms with E-state index in [-0.39, 0.29) is 23.8 Å². The van der Waals surface area contributed by atoms with Gasteiger partial charge in [0.05, 0.1) is 17.1 Å². The average molecular weight is 386 g/mol. The SMILES string of the molecule is NC(=O)c1ncc2c(n1)CN(S(=O)(=O)c1ccc3oc(=O)ccc3c1)CC2. The molecule has 0 bridgehead atoms. The van der Waals surface area contributed by atoms with Gasteiger partial charge in [0.1, 0.15) is 5.58 Å². The lowest BCUT2D eigenvalue weighted by Crippen LogP contribution is -2.37. The standard InChI is InChI=1S/C17H14N4O5S/c18-16(23)17-19-8-11-5-6-21(9-13(11)20-17)27(24,25)12-2-3-14-10(7-12)1-4-15(22)26-14/h1-4,7-8H,5-6,9H2,(H2,18,23). The summed E-state index contributed by atoms with van der Waals surface area (Å²) in [6.45, 7) is 0.277. The summed E-state index contributed by atoms with van der Waals surface area (Å²) in [7, 11) is -3.80. The highest BCUT2D eigenvalue weighted by Crippen LogP contribution is 2.25. The number of aromatic nitrogens is 2. The number of nitrogens with two attached hydrogens (primary N) is 1. The predicted octanol–water partition coefficient (Wildman–Crippen LogP) is 0.429. The molecule has 1 aliphatic rings. The normalized spacial score (nSPS) is 14.8. The Morgan fingerprint density at radius 1 is 1.22 bits per heavy atom. The molecule has 4 rings (SSSR count). The van der Waals surface area contributed by atoms with Crippen molar-refractivity contribution in [2.24, 2.45) is 5.73 Å². The zero-order chi connectivity index (χ0) is 19.2. The fourth-order valence-corrected chi connectivity index (χ4v) is 4.40. The van der Waals surface area contributed by atoms with Crippen molar-refractivity contribution < 1.29 is 17.6 Å². The molecule has 0 aliphatic carbocycles. The minimum absolute atomic E-state index is 0.0162. The van der Waals surface area contributed by atoms with Crippen molar-refractivity contribution in [3.8, 4) is 0 Å². The first-order valence-electron chi connectivity index (χ1n) is 8.03. The summed E-state index contributed by atoms with van der Waals surface area (Å²) in [6, 6.07) is 7.05. The number of benzene rings is 1. The van der Waals surface area contributed by atoms with E-state index in [1.54, 1.807) is 0 Å².